The van der Waals surface area contributed by atoms with E-state index in [1.54, 1.807) is 0 Å². The van der Waals surface area contributed by atoms with E-state index in [1.165, 1.54) is 0 Å². The fraction of sp³-hybridized carbons (Fsp3) is 0.714. The lowest BCUT2D eigenvalue weighted by atomic mass is 9.95. The Labute approximate surface area is 127 Å². The molecule has 124 valence electrons. The molecule has 1 fully saturated rings. The van der Waals surface area contributed by atoms with Gasteiger partial charge in [0.15, 0.2) is 0 Å². The van der Waals surface area contributed by atoms with Gasteiger partial charge >= 0.3 is 23.9 Å². The molecule has 1 rings (SSSR count). The van der Waals surface area contributed by atoms with Gasteiger partial charge in [0.2, 0.25) is 0 Å². The SMILES string of the molecule is O=C(O)CCC(=O)OC1CCC(OC(=O)CCC(=O)O)CC1. The third-order valence-corrected chi connectivity index (χ3v) is 3.30. The maximum atomic E-state index is 11.4. The smallest absolute Gasteiger partial charge is 0.306 e. The molecule has 8 nitrogen and oxygen atoms in total. The number of rotatable bonds is 8. The summed E-state index contributed by atoms with van der Waals surface area (Å²) in [5.74, 6) is -3.17. The third kappa shape index (κ3) is 7.61. The number of carbonyl (C=O) groups is 4. The van der Waals surface area contributed by atoms with E-state index in [0.717, 1.165) is 0 Å². The van der Waals surface area contributed by atoms with Crippen LogP contribution in [0.3, 0.4) is 0 Å². The van der Waals surface area contributed by atoms with Crippen molar-refractivity contribution in [2.75, 3.05) is 0 Å². The molecule has 22 heavy (non-hydrogen) atoms. The molecule has 0 aliphatic heterocycles. The zero-order valence-electron chi connectivity index (χ0n) is 12.2. The summed E-state index contributed by atoms with van der Waals surface area (Å²) < 4.78 is 10.3. The van der Waals surface area contributed by atoms with E-state index in [-0.39, 0.29) is 37.9 Å². The molecule has 1 aliphatic carbocycles. The van der Waals surface area contributed by atoms with Crippen molar-refractivity contribution in [3.63, 3.8) is 0 Å². The highest BCUT2D eigenvalue weighted by molar-refractivity contribution is 5.77. The van der Waals surface area contributed by atoms with E-state index in [0.29, 0.717) is 25.7 Å². The Hall–Kier alpha value is -2.12. The fourth-order valence-electron chi connectivity index (χ4n) is 2.18. The summed E-state index contributed by atoms with van der Waals surface area (Å²) >= 11 is 0. The first-order valence-corrected chi connectivity index (χ1v) is 7.19. The summed E-state index contributed by atoms with van der Waals surface area (Å²) in [4.78, 5) is 43.5. The maximum Gasteiger partial charge on any atom is 0.306 e. The average Bonchev–Trinajstić information content (AvgIpc) is 2.45. The molecule has 0 saturated heterocycles. The number of ether oxygens (including phenoxy) is 2. The lowest BCUT2D eigenvalue weighted by Gasteiger charge is -2.28. The van der Waals surface area contributed by atoms with Gasteiger partial charge in [0.25, 0.3) is 0 Å². The second kappa shape index (κ2) is 9.01. The predicted octanol–water partition coefficient (Wildman–Crippen LogP) is 1.11. The number of carboxylic acid groups (broad SMARTS) is 2. The highest BCUT2D eigenvalue weighted by Gasteiger charge is 2.26. The second-order valence-electron chi connectivity index (χ2n) is 5.17. The first kappa shape index (κ1) is 17.9. The van der Waals surface area contributed by atoms with Gasteiger partial charge in [-0.1, -0.05) is 0 Å². The van der Waals surface area contributed by atoms with Crippen LogP contribution in [0.5, 0.6) is 0 Å². The fourth-order valence-corrected chi connectivity index (χ4v) is 2.18. The molecule has 1 aliphatic rings. The summed E-state index contributed by atoms with van der Waals surface area (Å²) in [6.07, 6.45) is 0.769. The van der Waals surface area contributed by atoms with Crippen LogP contribution in [0.15, 0.2) is 0 Å². The van der Waals surface area contributed by atoms with Gasteiger partial charge in [-0.2, -0.15) is 0 Å². The standard InChI is InChI=1S/C14H20O8/c15-11(16)5-7-13(19)21-9-1-2-10(4-3-9)22-14(20)8-6-12(17)18/h9-10H,1-8H2,(H,15,16)(H,17,18). The molecular weight excluding hydrogens is 296 g/mol. The number of carboxylic acids is 2. The lowest BCUT2D eigenvalue weighted by molar-refractivity contribution is -0.159. The van der Waals surface area contributed by atoms with Gasteiger partial charge in [-0.15, -0.1) is 0 Å². The number of hydrogen-bond acceptors (Lipinski definition) is 6. The highest BCUT2D eigenvalue weighted by Crippen LogP contribution is 2.24. The van der Waals surface area contributed by atoms with E-state index in [2.05, 4.69) is 0 Å². The number of aliphatic carboxylic acids is 2. The van der Waals surface area contributed by atoms with Crippen LogP contribution < -0.4 is 0 Å². The minimum Gasteiger partial charge on any atom is -0.481 e. The summed E-state index contributed by atoms with van der Waals surface area (Å²) in [6.45, 7) is 0. The Morgan fingerprint density at radius 3 is 1.27 bits per heavy atom. The highest BCUT2D eigenvalue weighted by atomic mass is 16.6. The molecule has 0 atom stereocenters. The van der Waals surface area contributed by atoms with E-state index in [1.807, 2.05) is 0 Å². The van der Waals surface area contributed by atoms with Gasteiger partial charge in [0.1, 0.15) is 12.2 Å². The number of esters is 2. The predicted molar refractivity (Wildman–Crippen MR) is 72.0 cm³/mol. The van der Waals surface area contributed by atoms with Crippen molar-refractivity contribution in [2.45, 2.75) is 63.6 Å². The average molecular weight is 316 g/mol. The van der Waals surface area contributed by atoms with Gasteiger partial charge < -0.3 is 19.7 Å². The van der Waals surface area contributed by atoms with Crippen molar-refractivity contribution in [2.24, 2.45) is 0 Å². The zero-order chi connectivity index (χ0) is 16.5. The summed E-state index contributed by atoms with van der Waals surface area (Å²) in [5, 5.41) is 16.9. The molecule has 0 bridgehead atoms. The quantitative estimate of drug-likeness (QED) is 0.637. The van der Waals surface area contributed by atoms with Crippen LogP contribution in [0.1, 0.15) is 51.4 Å². The summed E-state index contributed by atoms with van der Waals surface area (Å²) in [6, 6.07) is 0. The Bertz CT molecular complexity index is 383. The van der Waals surface area contributed by atoms with Gasteiger partial charge in [0.05, 0.1) is 25.7 Å². The Morgan fingerprint density at radius 2 is 1.00 bits per heavy atom. The van der Waals surface area contributed by atoms with E-state index < -0.39 is 23.9 Å². The van der Waals surface area contributed by atoms with E-state index >= 15 is 0 Å². The second-order valence-corrected chi connectivity index (χ2v) is 5.17. The van der Waals surface area contributed by atoms with Crippen LogP contribution in [-0.4, -0.2) is 46.3 Å². The van der Waals surface area contributed by atoms with Crippen molar-refractivity contribution >= 4 is 23.9 Å². The van der Waals surface area contributed by atoms with Crippen molar-refractivity contribution in [1.82, 2.24) is 0 Å². The Balaban J connectivity index is 2.20. The molecule has 0 spiro atoms. The van der Waals surface area contributed by atoms with Crippen LogP contribution in [0.25, 0.3) is 0 Å². The first-order chi connectivity index (χ1) is 10.4. The Kier molecular flexibility index (Phi) is 7.34. The molecule has 0 amide bonds. The molecule has 0 heterocycles. The maximum absolute atomic E-state index is 11.4. The van der Waals surface area contributed by atoms with E-state index in [4.69, 9.17) is 19.7 Å². The monoisotopic (exact) mass is 316 g/mol. The normalized spacial score (nSPS) is 20.9. The minimum atomic E-state index is -1.05. The Morgan fingerprint density at radius 1 is 0.682 bits per heavy atom. The molecule has 0 aromatic rings. The van der Waals surface area contributed by atoms with Crippen LogP contribution in [-0.2, 0) is 28.7 Å². The molecule has 0 aromatic heterocycles. The summed E-state index contributed by atoms with van der Waals surface area (Å²) in [7, 11) is 0. The van der Waals surface area contributed by atoms with E-state index in [9.17, 15) is 19.2 Å². The zero-order valence-corrected chi connectivity index (χ0v) is 12.2. The number of carbonyl (C=O) groups excluding carboxylic acids is 2. The molecule has 1 saturated carbocycles. The largest absolute Gasteiger partial charge is 0.481 e. The van der Waals surface area contributed by atoms with Gasteiger partial charge in [-0.3, -0.25) is 19.2 Å². The van der Waals surface area contributed by atoms with Crippen molar-refractivity contribution < 1.29 is 38.9 Å². The van der Waals surface area contributed by atoms with Crippen LogP contribution in [0.2, 0.25) is 0 Å². The van der Waals surface area contributed by atoms with Gasteiger partial charge in [-0.25, -0.2) is 0 Å². The molecule has 0 unspecified atom stereocenters. The number of hydrogen-bond donors (Lipinski definition) is 2. The van der Waals surface area contributed by atoms with Gasteiger partial charge in [-0.05, 0) is 25.7 Å². The minimum absolute atomic E-state index is 0.153. The molecule has 0 aromatic carbocycles. The first-order valence-electron chi connectivity index (χ1n) is 7.19. The van der Waals surface area contributed by atoms with Crippen molar-refractivity contribution in [1.29, 1.82) is 0 Å². The molecule has 2 N–H and O–H groups in total. The summed E-state index contributed by atoms with van der Waals surface area (Å²) in [5.41, 5.74) is 0. The van der Waals surface area contributed by atoms with Crippen LogP contribution in [0, 0.1) is 0 Å². The van der Waals surface area contributed by atoms with Crippen molar-refractivity contribution in [3.8, 4) is 0 Å². The molecule has 0 radical (unpaired) electrons. The van der Waals surface area contributed by atoms with Gasteiger partial charge in [0, 0.05) is 0 Å². The van der Waals surface area contributed by atoms with Crippen LogP contribution in [0.4, 0.5) is 0 Å². The van der Waals surface area contributed by atoms with Crippen LogP contribution >= 0.6 is 0 Å². The van der Waals surface area contributed by atoms with Crippen molar-refractivity contribution in [3.05, 3.63) is 0 Å². The lowest BCUT2D eigenvalue weighted by Crippen LogP contribution is -2.30. The molecular formula is C14H20O8. The third-order valence-electron chi connectivity index (χ3n) is 3.30. The molecule has 8 heteroatoms. The topological polar surface area (TPSA) is 127 Å².